The Labute approximate surface area is 143 Å². The number of methoxy groups -OCH3 is 2. The van der Waals surface area contributed by atoms with E-state index in [-0.39, 0.29) is 5.91 Å². The van der Waals surface area contributed by atoms with Gasteiger partial charge in [0.1, 0.15) is 11.3 Å². The van der Waals surface area contributed by atoms with Crippen molar-refractivity contribution in [2.75, 3.05) is 14.2 Å². The zero-order valence-electron chi connectivity index (χ0n) is 15.0. The van der Waals surface area contributed by atoms with Gasteiger partial charge in [0.25, 0.3) is 5.91 Å². The number of hydrogen-bond acceptors (Lipinski definition) is 4. The number of rotatable bonds is 5. The standard InChI is InChI=1S/C19H25NO4/c1-7-19(17(22)24-6)18(3,4)13(2)16(21)20(19)12-14-8-10-15(23-5)11-9-14/h8-11H,2,7,12H2,1,3-6H3/t19-/m0/s1. The molecule has 0 aliphatic carbocycles. The Kier molecular flexibility index (Phi) is 4.74. The van der Waals surface area contributed by atoms with Gasteiger partial charge in [0.15, 0.2) is 0 Å². The molecule has 0 aromatic heterocycles. The summed E-state index contributed by atoms with van der Waals surface area (Å²) in [6, 6.07) is 7.44. The lowest BCUT2D eigenvalue weighted by Crippen LogP contribution is -2.58. The third-order valence-corrected chi connectivity index (χ3v) is 5.29. The van der Waals surface area contributed by atoms with Gasteiger partial charge in [-0.2, -0.15) is 0 Å². The van der Waals surface area contributed by atoms with Crippen molar-refractivity contribution in [3.8, 4) is 5.75 Å². The molecule has 5 nitrogen and oxygen atoms in total. The highest BCUT2D eigenvalue weighted by Crippen LogP contribution is 2.51. The summed E-state index contributed by atoms with van der Waals surface area (Å²) in [5.41, 5.74) is -0.423. The lowest BCUT2D eigenvalue weighted by Gasteiger charge is -2.43. The molecule has 130 valence electrons. The van der Waals surface area contributed by atoms with Crippen LogP contribution in [-0.4, -0.2) is 36.5 Å². The first kappa shape index (κ1) is 18.0. The van der Waals surface area contributed by atoms with Crippen molar-refractivity contribution in [1.82, 2.24) is 4.90 Å². The third-order valence-electron chi connectivity index (χ3n) is 5.29. The first-order valence-electron chi connectivity index (χ1n) is 7.99. The molecule has 1 saturated heterocycles. The topological polar surface area (TPSA) is 55.8 Å². The van der Waals surface area contributed by atoms with E-state index in [9.17, 15) is 9.59 Å². The molecule has 2 rings (SSSR count). The highest BCUT2D eigenvalue weighted by atomic mass is 16.5. The number of esters is 1. The predicted molar refractivity (Wildman–Crippen MR) is 91.5 cm³/mol. The lowest BCUT2D eigenvalue weighted by atomic mass is 9.69. The fourth-order valence-corrected chi connectivity index (χ4v) is 3.62. The Morgan fingerprint density at radius 3 is 2.25 bits per heavy atom. The average Bonchev–Trinajstić information content (AvgIpc) is 2.73. The maximum absolute atomic E-state index is 12.8. The second-order valence-electron chi connectivity index (χ2n) is 6.55. The van der Waals surface area contributed by atoms with Crippen LogP contribution >= 0.6 is 0 Å². The van der Waals surface area contributed by atoms with Crippen LogP contribution in [0.15, 0.2) is 36.4 Å². The summed E-state index contributed by atoms with van der Waals surface area (Å²) < 4.78 is 10.2. The molecule has 1 aliphatic rings. The third kappa shape index (κ3) is 2.39. The molecule has 0 bridgehead atoms. The predicted octanol–water partition coefficient (Wildman–Crippen LogP) is 2.94. The van der Waals surface area contributed by atoms with E-state index < -0.39 is 16.9 Å². The van der Waals surface area contributed by atoms with Gasteiger partial charge in [-0.05, 0) is 24.1 Å². The zero-order chi connectivity index (χ0) is 18.1. The highest BCUT2D eigenvalue weighted by molar-refractivity contribution is 6.04. The zero-order valence-corrected chi connectivity index (χ0v) is 15.0. The first-order valence-corrected chi connectivity index (χ1v) is 7.99. The number of hydrogen-bond donors (Lipinski definition) is 0. The summed E-state index contributed by atoms with van der Waals surface area (Å²) in [7, 11) is 2.96. The van der Waals surface area contributed by atoms with Gasteiger partial charge in [0.05, 0.1) is 14.2 Å². The molecule has 0 radical (unpaired) electrons. The molecular weight excluding hydrogens is 306 g/mol. The molecule has 5 heteroatoms. The SMILES string of the molecule is C=C1C(=O)N(Cc2ccc(OC)cc2)[C@@](CC)(C(=O)OC)C1(C)C. The molecule has 1 aromatic rings. The van der Waals surface area contributed by atoms with Crippen molar-refractivity contribution in [3.05, 3.63) is 42.0 Å². The number of carbonyl (C=O) groups is 2. The van der Waals surface area contributed by atoms with Crippen LogP contribution < -0.4 is 4.74 Å². The molecular formula is C19H25NO4. The van der Waals surface area contributed by atoms with E-state index in [1.54, 1.807) is 12.0 Å². The minimum atomic E-state index is -1.06. The van der Waals surface area contributed by atoms with Crippen LogP contribution in [0.25, 0.3) is 0 Å². The monoisotopic (exact) mass is 331 g/mol. The summed E-state index contributed by atoms with van der Waals surface area (Å²) in [4.78, 5) is 27.1. The fraction of sp³-hybridized carbons (Fsp3) is 0.474. The molecule has 1 fully saturated rings. The molecule has 1 amide bonds. The summed E-state index contributed by atoms with van der Waals surface area (Å²) in [5.74, 6) is 0.129. The van der Waals surface area contributed by atoms with E-state index in [0.717, 1.165) is 11.3 Å². The molecule has 1 aliphatic heterocycles. The number of benzene rings is 1. The Hall–Kier alpha value is -2.30. The van der Waals surface area contributed by atoms with Crippen LogP contribution in [0.2, 0.25) is 0 Å². The van der Waals surface area contributed by atoms with Crippen molar-refractivity contribution < 1.29 is 19.1 Å². The summed E-state index contributed by atoms with van der Waals surface area (Å²) >= 11 is 0. The number of nitrogens with zero attached hydrogens (tertiary/aromatic N) is 1. The molecule has 1 atom stereocenters. The average molecular weight is 331 g/mol. The van der Waals surface area contributed by atoms with Crippen molar-refractivity contribution in [2.45, 2.75) is 39.3 Å². The Morgan fingerprint density at radius 2 is 1.79 bits per heavy atom. The van der Waals surface area contributed by atoms with Crippen molar-refractivity contribution >= 4 is 11.9 Å². The molecule has 0 spiro atoms. The van der Waals surface area contributed by atoms with Crippen LogP contribution in [0.3, 0.4) is 0 Å². The van der Waals surface area contributed by atoms with Gasteiger partial charge in [0, 0.05) is 17.5 Å². The van der Waals surface area contributed by atoms with Gasteiger partial charge >= 0.3 is 5.97 Å². The molecule has 0 N–H and O–H groups in total. The minimum absolute atomic E-state index is 0.205. The normalized spacial score (nSPS) is 22.6. The second-order valence-corrected chi connectivity index (χ2v) is 6.55. The van der Waals surface area contributed by atoms with E-state index in [1.165, 1.54) is 7.11 Å². The number of likely N-dealkylation sites (tertiary alicyclic amines) is 1. The van der Waals surface area contributed by atoms with Crippen LogP contribution in [0.5, 0.6) is 5.75 Å². The Bertz CT molecular complexity index is 662. The van der Waals surface area contributed by atoms with Crippen molar-refractivity contribution in [3.63, 3.8) is 0 Å². The molecule has 1 heterocycles. The number of carbonyl (C=O) groups excluding carboxylic acids is 2. The summed E-state index contributed by atoms with van der Waals surface area (Å²) in [5, 5.41) is 0. The fourth-order valence-electron chi connectivity index (χ4n) is 3.62. The highest BCUT2D eigenvalue weighted by Gasteiger charge is 2.64. The molecule has 0 saturated carbocycles. The van der Waals surface area contributed by atoms with Gasteiger partial charge < -0.3 is 14.4 Å². The number of amides is 1. The van der Waals surface area contributed by atoms with E-state index in [4.69, 9.17) is 9.47 Å². The maximum atomic E-state index is 12.8. The summed E-state index contributed by atoms with van der Waals surface area (Å²) in [6.07, 6.45) is 0.452. The maximum Gasteiger partial charge on any atom is 0.332 e. The van der Waals surface area contributed by atoms with Crippen LogP contribution in [0.4, 0.5) is 0 Å². The number of ether oxygens (including phenoxy) is 2. The molecule has 0 unspecified atom stereocenters. The largest absolute Gasteiger partial charge is 0.497 e. The van der Waals surface area contributed by atoms with Gasteiger partial charge in [-0.3, -0.25) is 4.79 Å². The smallest absolute Gasteiger partial charge is 0.332 e. The van der Waals surface area contributed by atoms with E-state index >= 15 is 0 Å². The molecule has 24 heavy (non-hydrogen) atoms. The Morgan fingerprint density at radius 1 is 1.21 bits per heavy atom. The minimum Gasteiger partial charge on any atom is -0.497 e. The van der Waals surface area contributed by atoms with Crippen molar-refractivity contribution in [1.29, 1.82) is 0 Å². The van der Waals surface area contributed by atoms with E-state index in [1.807, 2.05) is 45.0 Å². The summed E-state index contributed by atoms with van der Waals surface area (Å²) in [6.45, 7) is 9.91. The van der Waals surface area contributed by atoms with Gasteiger partial charge in [-0.25, -0.2) is 4.79 Å². The van der Waals surface area contributed by atoms with Gasteiger partial charge in [-0.1, -0.05) is 39.5 Å². The Balaban J connectivity index is 2.49. The van der Waals surface area contributed by atoms with Crippen LogP contribution in [0.1, 0.15) is 32.8 Å². The molecule has 1 aromatic carbocycles. The first-order chi connectivity index (χ1) is 11.3. The van der Waals surface area contributed by atoms with Gasteiger partial charge in [-0.15, -0.1) is 0 Å². The van der Waals surface area contributed by atoms with Crippen LogP contribution in [-0.2, 0) is 20.9 Å². The van der Waals surface area contributed by atoms with E-state index in [2.05, 4.69) is 6.58 Å². The lowest BCUT2D eigenvalue weighted by molar-refractivity contribution is -0.163. The van der Waals surface area contributed by atoms with Gasteiger partial charge in [0.2, 0.25) is 0 Å². The van der Waals surface area contributed by atoms with E-state index in [0.29, 0.717) is 18.5 Å². The second kappa shape index (κ2) is 6.30. The quantitative estimate of drug-likeness (QED) is 0.615. The van der Waals surface area contributed by atoms with Crippen LogP contribution in [0, 0.1) is 5.41 Å². The van der Waals surface area contributed by atoms with Crippen molar-refractivity contribution in [2.24, 2.45) is 5.41 Å².